The van der Waals surface area contributed by atoms with E-state index in [0.717, 1.165) is 11.4 Å². The highest BCUT2D eigenvalue weighted by Crippen LogP contribution is 2.34. The van der Waals surface area contributed by atoms with Crippen LogP contribution in [0.4, 0.5) is 13.2 Å². The van der Waals surface area contributed by atoms with Gasteiger partial charge >= 0.3 is 12.1 Å². The van der Waals surface area contributed by atoms with Gasteiger partial charge in [0, 0.05) is 26.2 Å². The van der Waals surface area contributed by atoms with Gasteiger partial charge in [-0.15, -0.1) is 0 Å². The Hall–Kier alpha value is -0.820. The number of nitrogens with one attached hydrogen (secondary N) is 1. The number of hydrogen-bond acceptors (Lipinski definition) is 3. The summed E-state index contributed by atoms with van der Waals surface area (Å²) in [6.07, 6.45) is -3.91. The zero-order chi connectivity index (χ0) is 14.3. The van der Waals surface area contributed by atoms with Crippen molar-refractivity contribution >= 4 is 5.91 Å². The molecule has 0 radical (unpaired) electrons. The quantitative estimate of drug-likeness (QED) is 0.727. The number of likely N-dealkylation sites (tertiary alicyclic amines) is 1. The first-order valence-corrected chi connectivity index (χ1v) is 6.41. The van der Waals surface area contributed by atoms with Crippen molar-refractivity contribution in [3.63, 3.8) is 0 Å². The Morgan fingerprint density at radius 3 is 2.26 bits per heavy atom. The number of nitrogens with zero attached hydrogens (tertiary/aromatic N) is 1. The second kappa shape index (κ2) is 4.63. The minimum absolute atomic E-state index is 0.0934. The van der Waals surface area contributed by atoms with Crippen molar-refractivity contribution in [1.29, 1.82) is 0 Å². The molecule has 19 heavy (non-hydrogen) atoms. The van der Waals surface area contributed by atoms with Gasteiger partial charge in [0.25, 0.3) is 0 Å². The van der Waals surface area contributed by atoms with E-state index in [1.54, 1.807) is 0 Å². The van der Waals surface area contributed by atoms with Gasteiger partial charge in [-0.2, -0.15) is 13.2 Å². The molecule has 0 unspecified atom stereocenters. The van der Waals surface area contributed by atoms with Crippen LogP contribution in [0.1, 0.15) is 26.7 Å². The average Bonchev–Trinajstić information content (AvgIpc) is 2.26. The maximum Gasteiger partial charge on any atom is 0.471 e. The summed E-state index contributed by atoms with van der Waals surface area (Å²) in [5.74, 6) is -1.75. The maximum absolute atomic E-state index is 12.4. The summed E-state index contributed by atoms with van der Waals surface area (Å²) in [6.45, 7) is 5.44. The van der Waals surface area contributed by atoms with Crippen molar-refractivity contribution in [2.45, 2.75) is 44.1 Å². The molecule has 2 saturated heterocycles. The fourth-order valence-electron chi connectivity index (χ4n) is 2.83. The summed E-state index contributed by atoms with van der Waals surface area (Å²) >= 11 is 0. The number of halogens is 3. The van der Waals surface area contributed by atoms with E-state index in [9.17, 15) is 18.0 Å². The molecule has 1 spiro atoms. The minimum Gasteiger partial charge on any atom is -0.366 e. The van der Waals surface area contributed by atoms with Crippen LogP contribution in [0.3, 0.4) is 0 Å². The van der Waals surface area contributed by atoms with Crippen LogP contribution in [-0.4, -0.2) is 54.4 Å². The first-order chi connectivity index (χ1) is 8.64. The number of carbonyl (C=O) groups excluding carboxylic acids is 1. The van der Waals surface area contributed by atoms with E-state index in [2.05, 4.69) is 5.32 Å². The lowest BCUT2D eigenvalue weighted by Crippen LogP contribution is -2.62. The topological polar surface area (TPSA) is 41.6 Å². The number of ether oxygens (including phenoxy) is 1. The highest BCUT2D eigenvalue weighted by atomic mass is 19.4. The van der Waals surface area contributed by atoms with E-state index in [1.807, 2.05) is 13.8 Å². The van der Waals surface area contributed by atoms with E-state index >= 15 is 0 Å². The van der Waals surface area contributed by atoms with Gasteiger partial charge in [-0.1, -0.05) is 0 Å². The van der Waals surface area contributed by atoms with Gasteiger partial charge in [0.1, 0.15) is 0 Å². The molecular formula is C12H19F3N2O2. The Balaban J connectivity index is 1.97. The van der Waals surface area contributed by atoms with Crippen LogP contribution in [0.2, 0.25) is 0 Å². The number of piperidine rings is 1. The Morgan fingerprint density at radius 2 is 1.79 bits per heavy atom. The summed E-state index contributed by atoms with van der Waals surface area (Å²) < 4.78 is 43.1. The van der Waals surface area contributed by atoms with Crippen LogP contribution < -0.4 is 5.32 Å². The van der Waals surface area contributed by atoms with E-state index in [0.29, 0.717) is 19.4 Å². The van der Waals surface area contributed by atoms with E-state index in [1.165, 1.54) is 0 Å². The zero-order valence-corrected chi connectivity index (χ0v) is 11.1. The predicted octanol–water partition coefficient (Wildman–Crippen LogP) is 1.31. The molecule has 0 aromatic carbocycles. The number of alkyl halides is 3. The minimum atomic E-state index is -4.78. The molecule has 7 heteroatoms. The van der Waals surface area contributed by atoms with Crippen LogP contribution in [0, 0.1) is 0 Å². The highest BCUT2D eigenvalue weighted by molar-refractivity contribution is 5.81. The summed E-state index contributed by atoms with van der Waals surface area (Å²) in [5.41, 5.74) is -0.765. The monoisotopic (exact) mass is 280 g/mol. The van der Waals surface area contributed by atoms with Gasteiger partial charge in [0.15, 0.2) is 0 Å². The van der Waals surface area contributed by atoms with Gasteiger partial charge in [0.2, 0.25) is 0 Å². The second-order valence-corrected chi connectivity index (χ2v) is 5.94. The molecule has 2 aliphatic heterocycles. The van der Waals surface area contributed by atoms with Crippen LogP contribution in [0.25, 0.3) is 0 Å². The molecule has 2 rings (SSSR count). The summed E-state index contributed by atoms with van der Waals surface area (Å²) in [6, 6.07) is 0. The lowest BCUT2D eigenvalue weighted by Gasteiger charge is -2.49. The summed E-state index contributed by atoms with van der Waals surface area (Å²) in [7, 11) is 0. The Kier molecular flexibility index (Phi) is 3.55. The lowest BCUT2D eigenvalue weighted by atomic mass is 9.87. The van der Waals surface area contributed by atoms with E-state index in [4.69, 9.17) is 4.74 Å². The second-order valence-electron chi connectivity index (χ2n) is 5.94. The van der Waals surface area contributed by atoms with Gasteiger partial charge < -0.3 is 15.0 Å². The molecule has 0 atom stereocenters. The standard InChI is InChI=1S/C12H19F3N2O2/c1-10(2)7-16-8-11(19-10)3-5-17(6-4-11)9(18)12(13,14)15/h16H,3-8H2,1-2H3. The van der Waals surface area contributed by atoms with Crippen LogP contribution in [0.5, 0.6) is 0 Å². The van der Waals surface area contributed by atoms with Crippen LogP contribution in [0.15, 0.2) is 0 Å². The molecule has 4 nitrogen and oxygen atoms in total. The third kappa shape index (κ3) is 3.20. The highest BCUT2D eigenvalue weighted by Gasteiger charge is 2.48. The fourth-order valence-corrected chi connectivity index (χ4v) is 2.83. The van der Waals surface area contributed by atoms with Crippen LogP contribution in [-0.2, 0) is 9.53 Å². The summed E-state index contributed by atoms with van der Waals surface area (Å²) in [4.78, 5) is 12.0. The van der Waals surface area contributed by atoms with Gasteiger partial charge in [0.05, 0.1) is 11.2 Å². The summed E-state index contributed by atoms with van der Waals surface area (Å²) in [5, 5.41) is 3.26. The van der Waals surface area contributed by atoms with E-state index in [-0.39, 0.29) is 18.7 Å². The first kappa shape index (κ1) is 14.6. The third-order valence-corrected chi connectivity index (χ3v) is 3.70. The molecule has 0 saturated carbocycles. The molecule has 1 amide bonds. The largest absolute Gasteiger partial charge is 0.471 e. The number of amides is 1. The van der Waals surface area contributed by atoms with Gasteiger partial charge in [-0.25, -0.2) is 0 Å². The normalized spacial score (nSPS) is 26.5. The molecule has 2 fully saturated rings. The molecule has 0 aromatic heterocycles. The van der Waals surface area contributed by atoms with Gasteiger partial charge in [-0.05, 0) is 26.7 Å². The van der Waals surface area contributed by atoms with Crippen molar-refractivity contribution in [1.82, 2.24) is 10.2 Å². The molecule has 0 aromatic rings. The molecule has 110 valence electrons. The molecule has 1 N–H and O–H groups in total. The van der Waals surface area contributed by atoms with Crippen molar-refractivity contribution in [2.24, 2.45) is 0 Å². The molecule has 2 aliphatic rings. The predicted molar refractivity (Wildman–Crippen MR) is 62.6 cm³/mol. The molecule has 2 heterocycles. The Morgan fingerprint density at radius 1 is 1.21 bits per heavy atom. The van der Waals surface area contributed by atoms with Gasteiger partial charge in [-0.3, -0.25) is 4.79 Å². The molecule has 0 aliphatic carbocycles. The van der Waals surface area contributed by atoms with Crippen molar-refractivity contribution < 1.29 is 22.7 Å². The number of rotatable bonds is 0. The van der Waals surface area contributed by atoms with Crippen LogP contribution >= 0.6 is 0 Å². The SMILES string of the molecule is CC1(C)CNCC2(CCN(C(=O)C(F)(F)F)CC2)O1. The Labute approximate surface area is 110 Å². The average molecular weight is 280 g/mol. The van der Waals surface area contributed by atoms with E-state index < -0.39 is 17.7 Å². The van der Waals surface area contributed by atoms with Crippen molar-refractivity contribution in [3.8, 4) is 0 Å². The molecule has 0 bridgehead atoms. The fraction of sp³-hybridized carbons (Fsp3) is 0.917. The number of morpholine rings is 1. The van der Waals surface area contributed by atoms with Crippen molar-refractivity contribution in [3.05, 3.63) is 0 Å². The van der Waals surface area contributed by atoms with Crippen molar-refractivity contribution in [2.75, 3.05) is 26.2 Å². The third-order valence-electron chi connectivity index (χ3n) is 3.70. The lowest BCUT2D eigenvalue weighted by molar-refractivity contribution is -0.201. The maximum atomic E-state index is 12.4. The molecular weight excluding hydrogens is 261 g/mol. The Bertz CT molecular complexity index is 360. The zero-order valence-electron chi connectivity index (χ0n) is 11.1. The number of carbonyl (C=O) groups is 1. The first-order valence-electron chi connectivity index (χ1n) is 6.41. The number of hydrogen-bond donors (Lipinski definition) is 1. The smallest absolute Gasteiger partial charge is 0.366 e.